The van der Waals surface area contributed by atoms with Gasteiger partial charge in [-0.3, -0.25) is 4.79 Å². The van der Waals surface area contributed by atoms with Crippen molar-refractivity contribution in [1.82, 2.24) is 19.7 Å². The second-order valence-corrected chi connectivity index (χ2v) is 7.34. The van der Waals surface area contributed by atoms with E-state index in [1.54, 1.807) is 13.4 Å². The lowest BCUT2D eigenvalue weighted by atomic mass is 9.76. The molecule has 1 aromatic carbocycles. The first kappa shape index (κ1) is 16.1. The van der Waals surface area contributed by atoms with Gasteiger partial charge in [-0.25, -0.2) is 0 Å². The van der Waals surface area contributed by atoms with Crippen molar-refractivity contribution in [2.24, 2.45) is 12.5 Å². The van der Waals surface area contributed by atoms with Gasteiger partial charge in [0, 0.05) is 31.6 Å². The molecule has 1 saturated carbocycles. The second kappa shape index (κ2) is 6.17. The molecular weight excluding hydrogens is 316 g/mol. The zero-order valence-corrected chi connectivity index (χ0v) is 14.8. The molecule has 2 aliphatic rings. The molecule has 2 heterocycles. The van der Waals surface area contributed by atoms with Crippen LogP contribution in [0, 0.1) is 5.41 Å². The highest BCUT2D eigenvalue weighted by atomic mass is 16.5. The van der Waals surface area contributed by atoms with Gasteiger partial charge in [0.05, 0.1) is 7.11 Å². The van der Waals surface area contributed by atoms with E-state index in [2.05, 4.69) is 10.2 Å². The highest BCUT2D eigenvalue weighted by Gasteiger charge is 2.51. The van der Waals surface area contributed by atoms with Crippen LogP contribution < -0.4 is 4.74 Å². The van der Waals surface area contributed by atoms with Crippen LogP contribution in [-0.2, 0) is 7.05 Å². The number of aryl methyl sites for hydroxylation is 1. The van der Waals surface area contributed by atoms with E-state index in [0.717, 1.165) is 25.2 Å². The molecule has 0 N–H and O–H groups in total. The first-order chi connectivity index (χ1) is 12.1. The standard InChI is InChI=1S/C19H24N4O2/c1-22-13-20-21-17(22)16-11-23(12-19(16)8-3-4-9-19)18(24)14-6-5-7-15(10-14)25-2/h5-7,10,13,16H,3-4,8-9,11-12H2,1-2H3. The second-order valence-electron chi connectivity index (χ2n) is 7.34. The number of aromatic nitrogens is 3. The van der Waals surface area contributed by atoms with Crippen LogP contribution in [0.1, 0.15) is 47.8 Å². The van der Waals surface area contributed by atoms with Crippen LogP contribution in [0.3, 0.4) is 0 Å². The molecule has 132 valence electrons. The molecule has 2 aromatic rings. The smallest absolute Gasteiger partial charge is 0.254 e. The van der Waals surface area contributed by atoms with Crippen LogP contribution in [0.5, 0.6) is 5.75 Å². The number of hydrogen-bond acceptors (Lipinski definition) is 4. The molecule has 1 atom stereocenters. The fourth-order valence-corrected chi connectivity index (χ4v) is 4.61. The molecule has 4 rings (SSSR count). The summed E-state index contributed by atoms with van der Waals surface area (Å²) in [4.78, 5) is 15.1. The van der Waals surface area contributed by atoms with E-state index in [0.29, 0.717) is 17.9 Å². The van der Waals surface area contributed by atoms with Gasteiger partial charge in [0.1, 0.15) is 17.9 Å². The zero-order valence-electron chi connectivity index (χ0n) is 14.8. The number of amides is 1. The number of methoxy groups -OCH3 is 1. The Hall–Kier alpha value is -2.37. The molecule has 1 saturated heterocycles. The molecule has 1 spiro atoms. The lowest BCUT2D eigenvalue weighted by Gasteiger charge is -2.28. The Kier molecular flexibility index (Phi) is 3.98. The zero-order chi connectivity index (χ0) is 17.4. The minimum Gasteiger partial charge on any atom is -0.497 e. The summed E-state index contributed by atoms with van der Waals surface area (Å²) >= 11 is 0. The molecule has 6 heteroatoms. The highest BCUT2D eigenvalue weighted by Crippen LogP contribution is 2.53. The monoisotopic (exact) mass is 340 g/mol. The van der Waals surface area contributed by atoms with Crippen molar-refractivity contribution in [3.8, 4) is 5.75 Å². The van der Waals surface area contributed by atoms with Crippen molar-refractivity contribution < 1.29 is 9.53 Å². The van der Waals surface area contributed by atoms with E-state index >= 15 is 0 Å². The molecule has 1 unspecified atom stereocenters. The van der Waals surface area contributed by atoms with Gasteiger partial charge >= 0.3 is 0 Å². The van der Waals surface area contributed by atoms with Crippen LogP contribution in [0.15, 0.2) is 30.6 Å². The Bertz CT molecular complexity index is 779. The fourth-order valence-electron chi connectivity index (χ4n) is 4.61. The molecule has 1 aromatic heterocycles. The maximum atomic E-state index is 13.1. The summed E-state index contributed by atoms with van der Waals surface area (Å²) in [5.41, 5.74) is 0.834. The normalized spacial score (nSPS) is 21.8. The third-order valence-electron chi connectivity index (χ3n) is 5.91. The van der Waals surface area contributed by atoms with Crippen molar-refractivity contribution in [3.63, 3.8) is 0 Å². The maximum Gasteiger partial charge on any atom is 0.254 e. The van der Waals surface area contributed by atoms with Gasteiger partial charge in [-0.15, -0.1) is 10.2 Å². The third-order valence-corrected chi connectivity index (χ3v) is 5.91. The van der Waals surface area contributed by atoms with E-state index in [1.807, 2.05) is 40.8 Å². The van der Waals surface area contributed by atoms with Gasteiger partial charge in [0.2, 0.25) is 0 Å². The largest absolute Gasteiger partial charge is 0.497 e. The van der Waals surface area contributed by atoms with E-state index < -0.39 is 0 Å². The summed E-state index contributed by atoms with van der Waals surface area (Å²) in [6.45, 7) is 1.52. The number of ether oxygens (including phenoxy) is 1. The van der Waals surface area contributed by atoms with Gasteiger partial charge in [-0.05, 0) is 36.5 Å². The number of rotatable bonds is 3. The Labute approximate surface area is 147 Å². The van der Waals surface area contributed by atoms with Gasteiger partial charge in [-0.2, -0.15) is 0 Å². The third kappa shape index (κ3) is 2.69. The average Bonchev–Trinajstić information content (AvgIpc) is 3.36. The Balaban J connectivity index is 1.64. The topological polar surface area (TPSA) is 60.2 Å². The molecule has 25 heavy (non-hydrogen) atoms. The van der Waals surface area contributed by atoms with Crippen LogP contribution in [0.25, 0.3) is 0 Å². The SMILES string of the molecule is COc1cccc(C(=O)N2CC(c3nncn3C)C3(CCCC3)C2)c1. The van der Waals surface area contributed by atoms with Gasteiger partial charge < -0.3 is 14.2 Å². The number of carbonyl (C=O) groups excluding carboxylic acids is 1. The molecule has 0 bridgehead atoms. The molecule has 1 aliphatic heterocycles. The number of hydrogen-bond donors (Lipinski definition) is 0. The predicted molar refractivity (Wildman–Crippen MR) is 93.5 cm³/mol. The summed E-state index contributed by atoms with van der Waals surface area (Å²) in [6.07, 6.45) is 6.54. The van der Waals surface area contributed by atoms with E-state index in [-0.39, 0.29) is 17.2 Å². The Morgan fingerprint density at radius 3 is 2.80 bits per heavy atom. The van der Waals surface area contributed by atoms with Gasteiger partial charge in [0.25, 0.3) is 5.91 Å². The molecule has 2 fully saturated rings. The van der Waals surface area contributed by atoms with Crippen molar-refractivity contribution in [3.05, 3.63) is 42.0 Å². The lowest BCUT2D eigenvalue weighted by Crippen LogP contribution is -2.31. The highest BCUT2D eigenvalue weighted by molar-refractivity contribution is 5.95. The first-order valence-electron chi connectivity index (χ1n) is 8.90. The van der Waals surface area contributed by atoms with Crippen molar-refractivity contribution >= 4 is 5.91 Å². The predicted octanol–water partition coefficient (Wildman–Crippen LogP) is 2.62. The summed E-state index contributed by atoms with van der Waals surface area (Å²) in [7, 11) is 3.61. The van der Waals surface area contributed by atoms with Crippen LogP contribution in [0.4, 0.5) is 0 Å². The minimum atomic E-state index is 0.0786. The summed E-state index contributed by atoms with van der Waals surface area (Å²) in [5.74, 6) is 2.06. The first-order valence-corrected chi connectivity index (χ1v) is 8.90. The van der Waals surface area contributed by atoms with Crippen molar-refractivity contribution in [2.75, 3.05) is 20.2 Å². The van der Waals surface area contributed by atoms with Gasteiger partial charge in [0.15, 0.2) is 0 Å². The Morgan fingerprint density at radius 2 is 2.12 bits per heavy atom. The van der Waals surface area contributed by atoms with E-state index in [4.69, 9.17) is 4.74 Å². The number of carbonyl (C=O) groups is 1. The molecule has 1 amide bonds. The van der Waals surface area contributed by atoms with E-state index in [1.165, 1.54) is 12.8 Å². The fraction of sp³-hybridized carbons (Fsp3) is 0.526. The number of likely N-dealkylation sites (tertiary alicyclic amines) is 1. The average molecular weight is 340 g/mol. The molecular formula is C19H24N4O2. The van der Waals surface area contributed by atoms with Crippen molar-refractivity contribution in [2.45, 2.75) is 31.6 Å². The number of benzene rings is 1. The minimum absolute atomic E-state index is 0.0786. The van der Waals surface area contributed by atoms with Crippen LogP contribution in [0.2, 0.25) is 0 Å². The summed E-state index contributed by atoms with van der Waals surface area (Å²) in [6, 6.07) is 7.41. The molecule has 0 radical (unpaired) electrons. The van der Waals surface area contributed by atoms with Crippen LogP contribution in [-0.4, -0.2) is 45.8 Å². The van der Waals surface area contributed by atoms with E-state index in [9.17, 15) is 4.79 Å². The van der Waals surface area contributed by atoms with Gasteiger partial charge in [-0.1, -0.05) is 18.9 Å². The lowest BCUT2D eigenvalue weighted by molar-refractivity contribution is 0.0773. The summed E-state index contributed by atoms with van der Waals surface area (Å²) in [5, 5.41) is 8.43. The quantitative estimate of drug-likeness (QED) is 0.862. The number of nitrogens with zero attached hydrogens (tertiary/aromatic N) is 4. The van der Waals surface area contributed by atoms with Crippen molar-refractivity contribution in [1.29, 1.82) is 0 Å². The molecule has 6 nitrogen and oxygen atoms in total. The summed E-state index contributed by atoms with van der Waals surface area (Å²) < 4.78 is 7.27. The molecule has 1 aliphatic carbocycles. The Morgan fingerprint density at radius 1 is 1.32 bits per heavy atom. The maximum absolute atomic E-state index is 13.1. The van der Waals surface area contributed by atoms with Crippen LogP contribution >= 0.6 is 0 Å².